The van der Waals surface area contributed by atoms with E-state index in [0.717, 1.165) is 16.7 Å². The number of rotatable bonds is 1. The highest BCUT2D eigenvalue weighted by Gasteiger charge is 2.14. The van der Waals surface area contributed by atoms with Crippen molar-refractivity contribution in [1.29, 1.82) is 0 Å². The zero-order valence-corrected chi connectivity index (χ0v) is 10.1. The molecule has 0 aliphatic heterocycles. The monoisotopic (exact) mass is 228 g/mol. The molecule has 3 heteroatoms. The maximum Gasteiger partial charge on any atom is 0.284 e. The molecule has 0 aliphatic rings. The van der Waals surface area contributed by atoms with Crippen LogP contribution in [0.15, 0.2) is 29.2 Å². The van der Waals surface area contributed by atoms with Gasteiger partial charge in [-0.05, 0) is 46.5 Å². The van der Waals surface area contributed by atoms with Crippen LogP contribution in [0.2, 0.25) is 0 Å². The first kappa shape index (κ1) is 11.6. The van der Waals surface area contributed by atoms with Gasteiger partial charge in [-0.25, -0.2) is 0 Å². The van der Waals surface area contributed by atoms with Crippen LogP contribution in [0.3, 0.4) is 0 Å². The Labute approximate surface area is 93.8 Å². The molecule has 0 amide bonds. The van der Waals surface area contributed by atoms with Crippen molar-refractivity contribution in [2.75, 3.05) is 0 Å². The lowest BCUT2D eigenvalue weighted by atomic mass is 9.87. The smallest absolute Gasteiger partial charge is 0.268 e. The Hall–Kier alpha value is -0.470. The van der Waals surface area contributed by atoms with E-state index in [-0.39, 0.29) is 5.41 Å². The summed E-state index contributed by atoms with van der Waals surface area (Å²) in [7, 11) is 0. The Morgan fingerprint density at radius 1 is 1.36 bits per heavy atom. The summed E-state index contributed by atoms with van der Waals surface area (Å²) in [5.41, 5.74) is 1.31. The molecule has 1 nitrogen and oxygen atoms in total. The summed E-state index contributed by atoms with van der Waals surface area (Å²) < 4.78 is -0.393. The van der Waals surface area contributed by atoms with Crippen molar-refractivity contribution < 1.29 is 4.79 Å². The van der Waals surface area contributed by atoms with Crippen LogP contribution in [-0.2, 0) is 5.41 Å². The van der Waals surface area contributed by atoms with E-state index in [1.807, 2.05) is 18.2 Å². The second-order valence-electron chi connectivity index (χ2n) is 4.12. The van der Waals surface area contributed by atoms with E-state index < -0.39 is 4.57 Å². The van der Waals surface area contributed by atoms with Crippen molar-refractivity contribution in [3.63, 3.8) is 0 Å². The lowest BCUT2D eigenvalue weighted by Crippen LogP contribution is -2.10. The standard InChI is InChI=1S/C11H13ClOS/c1-11(2,3)8-5-4-6-9(7-8)14-10(12)13/h4-7H,1-3H3. The lowest BCUT2D eigenvalue weighted by Gasteiger charge is -2.19. The molecule has 0 bridgehead atoms. The van der Waals surface area contributed by atoms with Gasteiger partial charge in [-0.1, -0.05) is 32.9 Å². The highest BCUT2D eigenvalue weighted by Crippen LogP contribution is 2.28. The Morgan fingerprint density at radius 2 is 2.00 bits per heavy atom. The third kappa shape index (κ3) is 3.35. The molecular formula is C11H13ClOS. The van der Waals surface area contributed by atoms with Crippen LogP contribution in [0.5, 0.6) is 0 Å². The normalized spacial score (nSPS) is 11.4. The molecule has 14 heavy (non-hydrogen) atoms. The molecule has 1 aromatic rings. The quantitative estimate of drug-likeness (QED) is 0.522. The zero-order valence-electron chi connectivity index (χ0n) is 8.50. The fraction of sp³-hybridized carbons (Fsp3) is 0.364. The number of carbonyl (C=O) groups excluding carboxylic acids is 1. The molecule has 0 spiro atoms. The first-order valence-electron chi connectivity index (χ1n) is 4.37. The van der Waals surface area contributed by atoms with Crippen LogP contribution in [0.4, 0.5) is 4.79 Å². The largest absolute Gasteiger partial charge is 0.284 e. The molecule has 76 valence electrons. The first-order valence-corrected chi connectivity index (χ1v) is 5.57. The van der Waals surface area contributed by atoms with Crippen molar-refractivity contribution >= 4 is 27.9 Å². The molecule has 0 heterocycles. The second-order valence-corrected chi connectivity index (χ2v) is 5.73. The van der Waals surface area contributed by atoms with Gasteiger partial charge in [-0.3, -0.25) is 4.79 Å². The minimum Gasteiger partial charge on any atom is -0.268 e. The van der Waals surface area contributed by atoms with Gasteiger partial charge in [0.15, 0.2) is 0 Å². The number of hydrogen-bond donors (Lipinski definition) is 0. The van der Waals surface area contributed by atoms with Crippen molar-refractivity contribution in [3.8, 4) is 0 Å². The molecule has 1 aromatic carbocycles. The highest BCUT2D eigenvalue weighted by molar-refractivity contribution is 8.16. The van der Waals surface area contributed by atoms with Gasteiger partial charge in [0.1, 0.15) is 0 Å². The molecule has 0 unspecified atom stereocenters. The Balaban J connectivity index is 2.95. The molecule has 0 atom stereocenters. The van der Waals surface area contributed by atoms with Crippen LogP contribution in [-0.4, -0.2) is 4.57 Å². The van der Waals surface area contributed by atoms with Crippen LogP contribution in [0.1, 0.15) is 26.3 Å². The van der Waals surface area contributed by atoms with Crippen LogP contribution < -0.4 is 0 Å². The van der Waals surface area contributed by atoms with Gasteiger partial charge in [-0.2, -0.15) is 0 Å². The van der Waals surface area contributed by atoms with E-state index in [9.17, 15) is 4.79 Å². The van der Waals surface area contributed by atoms with Crippen molar-refractivity contribution in [3.05, 3.63) is 29.8 Å². The maximum atomic E-state index is 10.7. The summed E-state index contributed by atoms with van der Waals surface area (Å²) in [6.07, 6.45) is 0. The van der Waals surface area contributed by atoms with Crippen LogP contribution in [0, 0.1) is 0 Å². The second kappa shape index (κ2) is 4.37. The summed E-state index contributed by atoms with van der Waals surface area (Å²) in [6.45, 7) is 6.41. The first-order chi connectivity index (χ1) is 6.39. The average molecular weight is 229 g/mol. The molecular weight excluding hydrogens is 216 g/mol. The van der Waals surface area contributed by atoms with E-state index in [0.29, 0.717) is 0 Å². The Bertz CT molecular complexity index is 341. The average Bonchev–Trinajstić information content (AvgIpc) is 2.01. The molecule has 0 N–H and O–H groups in total. The predicted molar refractivity (Wildman–Crippen MR) is 62.2 cm³/mol. The highest BCUT2D eigenvalue weighted by atomic mass is 35.5. The van der Waals surface area contributed by atoms with E-state index >= 15 is 0 Å². The number of hydrogen-bond acceptors (Lipinski definition) is 2. The Kier molecular flexibility index (Phi) is 3.62. The van der Waals surface area contributed by atoms with Gasteiger partial charge in [0.05, 0.1) is 0 Å². The summed E-state index contributed by atoms with van der Waals surface area (Å²) in [6, 6.07) is 7.90. The third-order valence-corrected chi connectivity index (χ3v) is 2.78. The molecule has 0 saturated heterocycles. The zero-order chi connectivity index (χ0) is 10.8. The number of thioether (sulfide) groups is 1. The third-order valence-electron chi connectivity index (χ3n) is 1.90. The number of carbonyl (C=O) groups is 1. The van der Waals surface area contributed by atoms with Gasteiger partial charge < -0.3 is 0 Å². The maximum absolute atomic E-state index is 10.7. The van der Waals surface area contributed by atoms with Crippen LogP contribution >= 0.6 is 23.4 Å². The van der Waals surface area contributed by atoms with E-state index in [1.165, 1.54) is 5.56 Å². The van der Waals surface area contributed by atoms with Crippen molar-refractivity contribution in [1.82, 2.24) is 0 Å². The molecule has 0 saturated carbocycles. The van der Waals surface area contributed by atoms with Crippen LogP contribution in [0.25, 0.3) is 0 Å². The SMILES string of the molecule is CC(C)(C)c1cccc(SC(=O)Cl)c1. The fourth-order valence-corrected chi connectivity index (χ4v) is 1.90. The topological polar surface area (TPSA) is 17.1 Å². The van der Waals surface area contributed by atoms with E-state index in [2.05, 4.69) is 26.8 Å². The number of benzene rings is 1. The molecule has 0 aromatic heterocycles. The summed E-state index contributed by atoms with van der Waals surface area (Å²) in [5.74, 6) is 0. The summed E-state index contributed by atoms with van der Waals surface area (Å²) >= 11 is 6.36. The van der Waals surface area contributed by atoms with E-state index in [4.69, 9.17) is 11.6 Å². The van der Waals surface area contributed by atoms with Gasteiger partial charge >= 0.3 is 0 Å². The minimum atomic E-state index is -0.393. The number of halogens is 1. The molecule has 0 fully saturated rings. The van der Waals surface area contributed by atoms with Crippen molar-refractivity contribution in [2.45, 2.75) is 31.1 Å². The van der Waals surface area contributed by atoms with Gasteiger partial charge in [0.25, 0.3) is 4.57 Å². The summed E-state index contributed by atoms with van der Waals surface area (Å²) in [5, 5.41) is 0. The van der Waals surface area contributed by atoms with Gasteiger partial charge in [0.2, 0.25) is 0 Å². The molecule has 0 radical (unpaired) electrons. The minimum absolute atomic E-state index is 0.103. The van der Waals surface area contributed by atoms with Crippen molar-refractivity contribution in [2.24, 2.45) is 0 Å². The molecule has 0 aliphatic carbocycles. The lowest BCUT2D eigenvalue weighted by molar-refractivity contribution is 0.276. The predicted octanol–water partition coefficient (Wildman–Crippen LogP) is 4.44. The van der Waals surface area contributed by atoms with Gasteiger partial charge in [0, 0.05) is 4.90 Å². The summed E-state index contributed by atoms with van der Waals surface area (Å²) in [4.78, 5) is 11.6. The van der Waals surface area contributed by atoms with E-state index in [1.54, 1.807) is 0 Å². The fourth-order valence-electron chi connectivity index (χ4n) is 1.12. The van der Waals surface area contributed by atoms with Gasteiger partial charge in [-0.15, -0.1) is 0 Å². The molecule has 1 rings (SSSR count). The Morgan fingerprint density at radius 3 is 2.50 bits per heavy atom.